The molecule has 2 atom stereocenters. The Balaban J connectivity index is 2.68. The van der Waals surface area contributed by atoms with Crippen molar-refractivity contribution in [3.05, 3.63) is 29.8 Å². The lowest BCUT2D eigenvalue weighted by molar-refractivity contribution is -0.128. The van der Waals surface area contributed by atoms with Crippen LogP contribution in [0.2, 0.25) is 0 Å². The van der Waals surface area contributed by atoms with Gasteiger partial charge in [0, 0.05) is 37.9 Å². The molecule has 0 aromatic heterocycles. The molecule has 0 aliphatic rings. The van der Waals surface area contributed by atoms with Gasteiger partial charge in [-0.25, -0.2) is 9.59 Å². The SMILES string of the molecule is CC(C)[C@H](N)C(=O)N[C@@H](CCCNC(N)=O)C(=O)Nc1ccc(COC(=O)N(C)CCN(C)C(C)(C)C)cc1. The van der Waals surface area contributed by atoms with Crippen LogP contribution < -0.4 is 27.4 Å². The zero-order valence-corrected chi connectivity index (χ0v) is 24.4. The van der Waals surface area contributed by atoms with Crippen molar-refractivity contribution in [1.82, 2.24) is 20.4 Å². The molecule has 5 amide bonds. The molecule has 0 bridgehead atoms. The van der Waals surface area contributed by atoms with Gasteiger partial charge in [-0.1, -0.05) is 26.0 Å². The van der Waals surface area contributed by atoms with Crippen molar-refractivity contribution >= 4 is 29.6 Å². The Morgan fingerprint density at radius 1 is 1.00 bits per heavy atom. The summed E-state index contributed by atoms with van der Waals surface area (Å²) in [6.07, 6.45) is 0.276. The molecular weight excluding hydrogens is 502 g/mol. The molecule has 12 nitrogen and oxygen atoms in total. The summed E-state index contributed by atoms with van der Waals surface area (Å²) >= 11 is 0. The summed E-state index contributed by atoms with van der Waals surface area (Å²) in [6, 6.07) is 4.60. The Hall–Kier alpha value is -3.38. The third-order valence-electron chi connectivity index (χ3n) is 6.43. The van der Waals surface area contributed by atoms with Gasteiger partial charge in [-0.15, -0.1) is 0 Å². The minimum Gasteiger partial charge on any atom is -0.445 e. The number of ether oxygens (including phenoxy) is 1. The number of primary amides is 1. The van der Waals surface area contributed by atoms with Crippen molar-refractivity contribution < 1.29 is 23.9 Å². The number of rotatable bonds is 14. The van der Waals surface area contributed by atoms with Crippen LogP contribution in [-0.2, 0) is 20.9 Å². The zero-order chi connectivity index (χ0) is 29.8. The number of anilines is 1. The summed E-state index contributed by atoms with van der Waals surface area (Å²) in [6.45, 7) is 11.6. The van der Waals surface area contributed by atoms with Gasteiger partial charge in [0.05, 0.1) is 6.04 Å². The minimum atomic E-state index is -0.856. The lowest BCUT2D eigenvalue weighted by atomic mass is 10.0. The summed E-state index contributed by atoms with van der Waals surface area (Å²) < 4.78 is 5.41. The lowest BCUT2D eigenvalue weighted by Crippen LogP contribution is -2.51. The number of nitrogens with one attached hydrogen (secondary N) is 3. The minimum absolute atomic E-state index is 0.0105. The van der Waals surface area contributed by atoms with Crippen LogP contribution in [0.5, 0.6) is 0 Å². The second-order valence-corrected chi connectivity index (χ2v) is 11.0. The van der Waals surface area contributed by atoms with Crippen LogP contribution >= 0.6 is 0 Å². The van der Waals surface area contributed by atoms with Crippen molar-refractivity contribution in [2.75, 3.05) is 39.0 Å². The first kappa shape index (κ1) is 33.6. The van der Waals surface area contributed by atoms with E-state index in [1.807, 2.05) is 20.9 Å². The Morgan fingerprint density at radius 2 is 1.62 bits per heavy atom. The lowest BCUT2D eigenvalue weighted by Gasteiger charge is -2.33. The van der Waals surface area contributed by atoms with Crippen LogP contribution in [0.15, 0.2) is 24.3 Å². The number of carbonyl (C=O) groups is 4. The monoisotopic (exact) mass is 549 g/mol. The highest BCUT2D eigenvalue weighted by atomic mass is 16.6. The van der Waals surface area contributed by atoms with Crippen LogP contribution in [0.3, 0.4) is 0 Å². The predicted molar refractivity (Wildman–Crippen MR) is 152 cm³/mol. The van der Waals surface area contributed by atoms with E-state index in [0.29, 0.717) is 18.7 Å². The molecule has 0 heterocycles. The highest BCUT2D eigenvalue weighted by molar-refractivity contribution is 5.97. The molecule has 0 aliphatic carbocycles. The van der Waals surface area contributed by atoms with Gasteiger partial charge in [0.25, 0.3) is 0 Å². The van der Waals surface area contributed by atoms with E-state index < -0.39 is 36.0 Å². The maximum atomic E-state index is 13.0. The van der Waals surface area contributed by atoms with Crippen LogP contribution in [0.4, 0.5) is 15.3 Å². The van der Waals surface area contributed by atoms with Crippen molar-refractivity contribution in [2.24, 2.45) is 17.4 Å². The molecule has 1 rings (SSSR count). The summed E-state index contributed by atoms with van der Waals surface area (Å²) in [5.41, 5.74) is 12.3. The van der Waals surface area contributed by atoms with E-state index in [4.69, 9.17) is 16.2 Å². The predicted octanol–water partition coefficient (Wildman–Crippen LogP) is 1.84. The number of carbonyl (C=O) groups excluding carboxylic acids is 4. The van der Waals surface area contributed by atoms with Gasteiger partial charge in [-0.05, 0) is 64.3 Å². The van der Waals surface area contributed by atoms with Gasteiger partial charge < -0.3 is 37.1 Å². The molecule has 0 saturated carbocycles. The Labute approximate surface area is 232 Å². The molecular formula is C27H47N7O5. The number of amides is 5. The molecule has 1 aromatic carbocycles. The van der Waals surface area contributed by atoms with Gasteiger partial charge in [0.15, 0.2) is 0 Å². The summed E-state index contributed by atoms with van der Waals surface area (Å²) in [5.74, 6) is -0.948. The Kier molecular flexibility index (Phi) is 13.7. The van der Waals surface area contributed by atoms with Gasteiger partial charge >= 0.3 is 12.1 Å². The van der Waals surface area contributed by atoms with Crippen LogP contribution in [0, 0.1) is 5.92 Å². The molecule has 0 radical (unpaired) electrons. The number of likely N-dealkylation sites (N-methyl/N-ethyl adjacent to an activating group) is 2. The number of hydrogen-bond acceptors (Lipinski definition) is 7. The molecule has 1 aromatic rings. The zero-order valence-electron chi connectivity index (χ0n) is 24.4. The number of nitrogens with zero attached hydrogens (tertiary/aromatic N) is 2. The van der Waals surface area contributed by atoms with E-state index in [1.54, 1.807) is 31.3 Å². The number of benzene rings is 1. The smallest absolute Gasteiger partial charge is 0.409 e. The van der Waals surface area contributed by atoms with Gasteiger partial charge in [0.1, 0.15) is 12.6 Å². The van der Waals surface area contributed by atoms with Crippen molar-refractivity contribution in [1.29, 1.82) is 0 Å². The van der Waals surface area contributed by atoms with Gasteiger partial charge in [-0.2, -0.15) is 0 Å². The molecule has 0 spiro atoms. The second-order valence-electron chi connectivity index (χ2n) is 11.0. The first-order valence-corrected chi connectivity index (χ1v) is 13.2. The van der Waals surface area contributed by atoms with Crippen molar-refractivity contribution in [3.63, 3.8) is 0 Å². The molecule has 0 unspecified atom stereocenters. The summed E-state index contributed by atoms with van der Waals surface area (Å²) in [4.78, 5) is 52.4. The van der Waals surface area contributed by atoms with Gasteiger partial charge in [-0.3, -0.25) is 14.5 Å². The molecule has 0 aliphatic heterocycles. The Bertz CT molecular complexity index is 947. The molecule has 39 heavy (non-hydrogen) atoms. The van der Waals surface area contributed by atoms with Crippen LogP contribution in [-0.4, -0.2) is 85.1 Å². The van der Waals surface area contributed by atoms with Crippen molar-refractivity contribution in [3.8, 4) is 0 Å². The third kappa shape index (κ3) is 12.8. The standard InChI is InChI=1S/C27H47N7O5/c1-18(2)22(28)24(36)32-21(9-8-14-30-25(29)37)23(35)31-20-12-10-19(11-13-20)17-39-26(38)33(6)15-16-34(7)27(3,4)5/h10-13,18,21-22H,8-9,14-17,28H2,1-7H3,(H,31,35)(H,32,36)(H3,29,30,37)/t21-,22-/m0/s1. The first-order chi connectivity index (χ1) is 18.1. The topological polar surface area (TPSA) is 172 Å². The molecule has 7 N–H and O–H groups in total. The normalized spacial score (nSPS) is 13.0. The first-order valence-electron chi connectivity index (χ1n) is 13.2. The third-order valence-corrected chi connectivity index (χ3v) is 6.43. The van der Waals surface area contributed by atoms with E-state index >= 15 is 0 Å². The molecule has 220 valence electrons. The number of urea groups is 1. The number of hydrogen-bond donors (Lipinski definition) is 5. The fourth-order valence-corrected chi connectivity index (χ4v) is 3.25. The highest BCUT2D eigenvalue weighted by Crippen LogP contribution is 2.13. The van der Waals surface area contributed by atoms with E-state index in [-0.39, 0.29) is 31.0 Å². The average molecular weight is 550 g/mol. The molecule has 0 fully saturated rings. The van der Waals surface area contributed by atoms with Crippen LogP contribution in [0.1, 0.15) is 53.0 Å². The maximum absolute atomic E-state index is 13.0. The number of nitrogens with two attached hydrogens (primary N) is 2. The summed E-state index contributed by atoms with van der Waals surface area (Å²) in [5, 5.41) is 7.95. The Morgan fingerprint density at radius 3 is 2.15 bits per heavy atom. The van der Waals surface area contributed by atoms with Crippen molar-refractivity contribution in [2.45, 2.75) is 71.7 Å². The van der Waals surface area contributed by atoms with E-state index in [9.17, 15) is 19.2 Å². The fraction of sp³-hybridized carbons (Fsp3) is 0.630. The average Bonchev–Trinajstić information content (AvgIpc) is 2.86. The van der Waals surface area contributed by atoms with Gasteiger partial charge in [0.2, 0.25) is 11.8 Å². The largest absolute Gasteiger partial charge is 0.445 e. The summed E-state index contributed by atoms with van der Waals surface area (Å²) in [7, 11) is 3.71. The van der Waals surface area contributed by atoms with E-state index in [0.717, 1.165) is 12.1 Å². The van der Waals surface area contributed by atoms with E-state index in [2.05, 4.69) is 41.6 Å². The fourth-order valence-electron chi connectivity index (χ4n) is 3.25. The van der Waals surface area contributed by atoms with E-state index in [1.165, 1.54) is 4.90 Å². The second kappa shape index (κ2) is 15.9. The van der Waals surface area contributed by atoms with Crippen LogP contribution in [0.25, 0.3) is 0 Å². The maximum Gasteiger partial charge on any atom is 0.409 e. The molecule has 0 saturated heterocycles. The quantitative estimate of drug-likeness (QED) is 0.220. The highest BCUT2D eigenvalue weighted by Gasteiger charge is 2.25. The molecule has 12 heteroatoms.